The third-order valence-corrected chi connectivity index (χ3v) is 3.77. The van der Waals surface area contributed by atoms with Crippen LogP contribution in [-0.2, 0) is 4.74 Å². The number of likely N-dealkylation sites (tertiary alicyclic amines) is 1. The number of ether oxygens (including phenoxy) is 1. The number of amides is 1. The zero-order valence-corrected chi connectivity index (χ0v) is 11.0. The van der Waals surface area contributed by atoms with Crippen LogP contribution in [0.4, 0.5) is 4.79 Å². The average Bonchev–Trinajstić information content (AvgIpc) is 2.72. The number of aliphatic hydroxyl groups excluding tert-OH is 1. The normalized spacial score (nSPS) is 33.4. The molecule has 17 heavy (non-hydrogen) atoms. The van der Waals surface area contributed by atoms with E-state index in [1.807, 2.05) is 25.7 Å². The van der Waals surface area contributed by atoms with Gasteiger partial charge in [0.2, 0.25) is 0 Å². The van der Waals surface area contributed by atoms with Gasteiger partial charge in [0.1, 0.15) is 5.60 Å². The summed E-state index contributed by atoms with van der Waals surface area (Å²) in [6, 6.07) is 0. The molecule has 1 aliphatic heterocycles. The third kappa shape index (κ3) is 2.57. The minimum absolute atomic E-state index is 0.123. The second-order valence-corrected chi connectivity index (χ2v) is 6.36. The van der Waals surface area contributed by atoms with Crippen molar-refractivity contribution in [3.8, 4) is 0 Å². The topological polar surface area (TPSA) is 49.8 Å². The summed E-state index contributed by atoms with van der Waals surface area (Å²) in [6.45, 7) is 6.42. The Morgan fingerprint density at radius 3 is 2.65 bits per heavy atom. The Hall–Kier alpha value is -0.770. The summed E-state index contributed by atoms with van der Waals surface area (Å²) >= 11 is 0. The lowest BCUT2D eigenvalue weighted by molar-refractivity contribution is 0.00677. The van der Waals surface area contributed by atoms with Crippen molar-refractivity contribution >= 4 is 6.09 Å². The fourth-order valence-corrected chi connectivity index (χ4v) is 3.09. The van der Waals surface area contributed by atoms with Gasteiger partial charge in [-0.15, -0.1) is 0 Å². The highest BCUT2D eigenvalue weighted by Gasteiger charge is 2.49. The van der Waals surface area contributed by atoms with E-state index in [2.05, 4.69) is 0 Å². The molecule has 0 aromatic rings. The zero-order chi connectivity index (χ0) is 12.7. The molecule has 1 spiro atoms. The van der Waals surface area contributed by atoms with E-state index in [0.717, 1.165) is 32.2 Å². The Morgan fingerprint density at radius 1 is 1.41 bits per heavy atom. The van der Waals surface area contributed by atoms with Gasteiger partial charge in [-0.25, -0.2) is 4.79 Å². The van der Waals surface area contributed by atoms with Crippen LogP contribution in [0.25, 0.3) is 0 Å². The molecule has 1 aliphatic carbocycles. The predicted molar refractivity (Wildman–Crippen MR) is 64.8 cm³/mol. The lowest BCUT2D eigenvalue weighted by atomic mass is 9.94. The smallest absolute Gasteiger partial charge is 0.410 e. The summed E-state index contributed by atoms with van der Waals surface area (Å²) in [5, 5.41) is 9.71. The number of aliphatic hydroxyl groups is 1. The average molecular weight is 241 g/mol. The molecule has 1 heterocycles. The first-order valence-electron chi connectivity index (χ1n) is 6.51. The molecule has 98 valence electrons. The van der Waals surface area contributed by atoms with E-state index >= 15 is 0 Å². The number of rotatable bonds is 0. The van der Waals surface area contributed by atoms with Crippen molar-refractivity contribution in [3.63, 3.8) is 0 Å². The molecule has 0 unspecified atom stereocenters. The van der Waals surface area contributed by atoms with Crippen molar-refractivity contribution in [2.75, 3.05) is 6.54 Å². The van der Waals surface area contributed by atoms with Gasteiger partial charge in [-0.05, 0) is 52.9 Å². The first-order chi connectivity index (χ1) is 7.82. The highest BCUT2D eigenvalue weighted by Crippen LogP contribution is 2.43. The van der Waals surface area contributed by atoms with Crippen LogP contribution >= 0.6 is 0 Å². The monoisotopic (exact) mass is 241 g/mol. The molecule has 1 saturated carbocycles. The van der Waals surface area contributed by atoms with Crippen LogP contribution < -0.4 is 0 Å². The van der Waals surface area contributed by atoms with E-state index in [1.54, 1.807) is 0 Å². The van der Waals surface area contributed by atoms with Gasteiger partial charge in [0.05, 0.1) is 6.10 Å². The second-order valence-electron chi connectivity index (χ2n) is 6.36. The zero-order valence-electron chi connectivity index (χ0n) is 11.0. The number of hydrogen-bond acceptors (Lipinski definition) is 3. The summed E-state index contributed by atoms with van der Waals surface area (Å²) in [5.74, 6) is 0. The summed E-state index contributed by atoms with van der Waals surface area (Å²) < 4.78 is 5.45. The molecule has 1 amide bonds. The van der Waals surface area contributed by atoms with Crippen molar-refractivity contribution in [1.29, 1.82) is 0 Å². The van der Waals surface area contributed by atoms with E-state index < -0.39 is 5.60 Å². The Morgan fingerprint density at radius 2 is 2.12 bits per heavy atom. The first kappa shape index (κ1) is 12.7. The number of nitrogens with zero attached hydrogens (tertiary/aromatic N) is 1. The van der Waals surface area contributed by atoms with Crippen LogP contribution in [0.15, 0.2) is 0 Å². The van der Waals surface area contributed by atoms with E-state index in [9.17, 15) is 9.90 Å². The molecule has 0 aromatic heterocycles. The van der Waals surface area contributed by atoms with Gasteiger partial charge in [-0.1, -0.05) is 0 Å². The number of hydrogen-bond donors (Lipinski definition) is 1. The van der Waals surface area contributed by atoms with E-state index in [4.69, 9.17) is 4.74 Å². The van der Waals surface area contributed by atoms with Crippen LogP contribution in [-0.4, -0.2) is 39.9 Å². The van der Waals surface area contributed by atoms with E-state index in [1.165, 1.54) is 0 Å². The van der Waals surface area contributed by atoms with Crippen molar-refractivity contribution in [3.05, 3.63) is 0 Å². The minimum Gasteiger partial charge on any atom is -0.444 e. The summed E-state index contributed by atoms with van der Waals surface area (Å²) in [6.07, 6.45) is 3.98. The fourth-order valence-electron chi connectivity index (χ4n) is 3.09. The molecule has 2 atom stereocenters. The van der Waals surface area contributed by atoms with Crippen molar-refractivity contribution in [2.24, 2.45) is 0 Å². The molecule has 4 heteroatoms. The highest BCUT2D eigenvalue weighted by molar-refractivity contribution is 5.69. The number of carbonyl (C=O) groups excluding carboxylic acids is 1. The second kappa shape index (κ2) is 4.16. The molecule has 2 rings (SSSR count). The molecule has 1 N–H and O–H groups in total. The Bertz CT molecular complexity index is 310. The molecular weight excluding hydrogens is 218 g/mol. The summed E-state index contributed by atoms with van der Waals surface area (Å²) in [5.41, 5.74) is -0.570. The standard InChI is InChI=1S/C13H23NO3/c1-12(2,3)17-11(16)14-8-4-6-13(14)7-5-10(15)9-13/h10,15H,4-9H2,1-3H3/t10-,13-/m0/s1. The van der Waals surface area contributed by atoms with Gasteiger partial charge in [-0.2, -0.15) is 0 Å². The minimum atomic E-state index is -0.446. The van der Waals surface area contributed by atoms with Gasteiger partial charge >= 0.3 is 6.09 Å². The van der Waals surface area contributed by atoms with E-state index in [0.29, 0.717) is 6.42 Å². The molecule has 2 fully saturated rings. The Labute approximate surface area is 103 Å². The number of carbonyl (C=O) groups is 1. The van der Waals surface area contributed by atoms with Gasteiger partial charge in [0.15, 0.2) is 0 Å². The van der Waals surface area contributed by atoms with Crippen LogP contribution in [0.1, 0.15) is 52.9 Å². The SMILES string of the molecule is CC(C)(C)OC(=O)N1CCC[C@@]12CC[C@H](O)C2. The Balaban J connectivity index is 2.07. The molecule has 0 radical (unpaired) electrons. The highest BCUT2D eigenvalue weighted by atomic mass is 16.6. The van der Waals surface area contributed by atoms with Crippen molar-refractivity contribution in [1.82, 2.24) is 4.90 Å². The van der Waals surface area contributed by atoms with Crippen molar-refractivity contribution in [2.45, 2.75) is 70.1 Å². The Kier molecular flexibility index (Phi) is 3.10. The molecule has 1 saturated heterocycles. The molecule has 2 aliphatic rings. The first-order valence-corrected chi connectivity index (χ1v) is 6.51. The maximum atomic E-state index is 12.2. The fraction of sp³-hybridized carbons (Fsp3) is 0.923. The largest absolute Gasteiger partial charge is 0.444 e. The maximum absolute atomic E-state index is 12.2. The van der Waals surface area contributed by atoms with Gasteiger partial charge in [0.25, 0.3) is 0 Å². The quantitative estimate of drug-likeness (QED) is 0.708. The maximum Gasteiger partial charge on any atom is 0.410 e. The van der Waals surface area contributed by atoms with Crippen molar-refractivity contribution < 1.29 is 14.6 Å². The van der Waals surface area contributed by atoms with Crippen LogP contribution in [0, 0.1) is 0 Å². The van der Waals surface area contributed by atoms with E-state index in [-0.39, 0.29) is 17.7 Å². The predicted octanol–water partition coefficient (Wildman–Crippen LogP) is 2.30. The molecular formula is C13H23NO3. The molecule has 4 nitrogen and oxygen atoms in total. The van der Waals surface area contributed by atoms with Crippen LogP contribution in [0.3, 0.4) is 0 Å². The summed E-state index contributed by atoms with van der Waals surface area (Å²) in [7, 11) is 0. The van der Waals surface area contributed by atoms with Gasteiger partial charge < -0.3 is 14.7 Å². The molecule has 0 aromatic carbocycles. The summed E-state index contributed by atoms with van der Waals surface area (Å²) in [4.78, 5) is 14.0. The van der Waals surface area contributed by atoms with Crippen LogP contribution in [0.5, 0.6) is 0 Å². The lowest BCUT2D eigenvalue weighted by Crippen LogP contribution is -2.47. The molecule has 0 bridgehead atoms. The van der Waals surface area contributed by atoms with Crippen LogP contribution in [0.2, 0.25) is 0 Å². The van der Waals surface area contributed by atoms with Gasteiger partial charge in [0, 0.05) is 12.1 Å². The third-order valence-electron chi connectivity index (χ3n) is 3.77. The van der Waals surface area contributed by atoms with Gasteiger partial charge in [-0.3, -0.25) is 0 Å². The lowest BCUT2D eigenvalue weighted by Gasteiger charge is -2.36.